The summed E-state index contributed by atoms with van der Waals surface area (Å²) in [6.07, 6.45) is 0.395. The van der Waals surface area contributed by atoms with E-state index in [2.05, 4.69) is 10.6 Å². The maximum atomic E-state index is 11.9. The Balaban J connectivity index is 1.78. The highest BCUT2D eigenvalue weighted by Crippen LogP contribution is 2.19. The number of hydrogen-bond donors (Lipinski definition) is 2. The third-order valence-electron chi connectivity index (χ3n) is 4.02. The summed E-state index contributed by atoms with van der Waals surface area (Å²) in [6, 6.07) is 17.6. The molecule has 0 saturated heterocycles. The third kappa shape index (κ3) is 5.72. The topological polar surface area (TPSA) is 67.4 Å². The van der Waals surface area contributed by atoms with Crippen LogP contribution in [0.5, 0.6) is 0 Å². The fraction of sp³-hybridized carbons (Fsp3) is 0.300. The van der Waals surface area contributed by atoms with Gasteiger partial charge >= 0.3 is 11.8 Å². The number of nitrogens with one attached hydrogen (secondary N) is 2. The molecule has 2 aromatic rings. The number of rotatable bonds is 7. The van der Waals surface area contributed by atoms with Gasteiger partial charge in [-0.15, -0.1) is 0 Å². The number of methoxy groups -OCH3 is 1. The van der Waals surface area contributed by atoms with Crippen molar-refractivity contribution >= 4 is 11.8 Å². The molecule has 0 radical (unpaired) electrons. The van der Waals surface area contributed by atoms with E-state index in [9.17, 15) is 9.59 Å². The van der Waals surface area contributed by atoms with Gasteiger partial charge in [0.15, 0.2) is 0 Å². The molecule has 1 unspecified atom stereocenters. The van der Waals surface area contributed by atoms with Gasteiger partial charge in [0.2, 0.25) is 0 Å². The van der Waals surface area contributed by atoms with E-state index in [-0.39, 0.29) is 12.6 Å². The molecule has 2 amide bonds. The highest BCUT2D eigenvalue weighted by molar-refractivity contribution is 6.35. The van der Waals surface area contributed by atoms with Crippen molar-refractivity contribution in [1.29, 1.82) is 0 Å². The summed E-state index contributed by atoms with van der Waals surface area (Å²) in [5.41, 5.74) is 3.19. The predicted octanol–water partition coefficient (Wildman–Crippen LogP) is 2.16. The number of benzene rings is 2. The fourth-order valence-electron chi connectivity index (χ4n) is 2.58. The maximum Gasteiger partial charge on any atom is 0.309 e. The first kappa shape index (κ1) is 18.7. The second kappa shape index (κ2) is 9.59. The Morgan fingerprint density at radius 3 is 2.28 bits per heavy atom. The molecule has 1 atom stereocenters. The van der Waals surface area contributed by atoms with Crippen LogP contribution in [0.25, 0.3) is 0 Å². The summed E-state index contributed by atoms with van der Waals surface area (Å²) in [5.74, 6) is -1.28. The van der Waals surface area contributed by atoms with Crippen LogP contribution in [0, 0.1) is 6.92 Å². The normalized spacial score (nSPS) is 11.6. The summed E-state index contributed by atoms with van der Waals surface area (Å²) in [4.78, 5) is 23.8. The average molecular weight is 340 g/mol. The van der Waals surface area contributed by atoms with E-state index < -0.39 is 11.8 Å². The van der Waals surface area contributed by atoms with Gasteiger partial charge in [-0.1, -0.05) is 54.6 Å². The number of carbonyl (C=O) groups is 2. The highest BCUT2D eigenvalue weighted by atomic mass is 16.5. The number of amides is 2. The van der Waals surface area contributed by atoms with Crippen molar-refractivity contribution in [3.05, 3.63) is 71.3 Å². The minimum Gasteiger partial charge on any atom is -0.375 e. The molecule has 5 heteroatoms. The number of aryl methyl sites for hydroxylation is 1. The van der Waals surface area contributed by atoms with Crippen molar-refractivity contribution < 1.29 is 14.3 Å². The van der Waals surface area contributed by atoms with E-state index in [0.717, 1.165) is 16.7 Å². The molecule has 0 spiro atoms. The average Bonchev–Trinajstić information content (AvgIpc) is 2.64. The van der Waals surface area contributed by atoms with Crippen LogP contribution in [0.3, 0.4) is 0 Å². The predicted molar refractivity (Wildman–Crippen MR) is 97.1 cm³/mol. The van der Waals surface area contributed by atoms with Gasteiger partial charge in [0.05, 0.1) is 6.10 Å². The molecule has 0 aliphatic rings. The smallest absolute Gasteiger partial charge is 0.309 e. The molecule has 0 bridgehead atoms. The first-order valence-electron chi connectivity index (χ1n) is 8.30. The van der Waals surface area contributed by atoms with Gasteiger partial charge in [0.1, 0.15) is 0 Å². The molecule has 0 aliphatic heterocycles. The Morgan fingerprint density at radius 1 is 0.960 bits per heavy atom. The standard InChI is InChI=1S/C20H24N2O3/c1-15-8-6-7-11-17(15)18(25-2)14-22-20(24)19(23)21-13-12-16-9-4-3-5-10-16/h3-11,18H,12-14H2,1-2H3,(H,21,23)(H,22,24). The molecule has 0 fully saturated rings. The van der Waals surface area contributed by atoms with Crippen LogP contribution in [-0.2, 0) is 20.7 Å². The highest BCUT2D eigenvalue weighted by Gasteiger charge is 2.17. The van der Waals surface area contributed by atoms with Crippen LogP contribution in [0.4, 0.5) is 0 Å². The van der Waals surface area contributed by atoms with E-state index >= 15 is 0 Å². The number of hydrogen-bond acceptors (Lipinski definition) is 3. The molecule has 5 nitrogen and oxygen atoms in total. The van der Waals surface area contributed by atoms with Gasteiger partial charge < -0.3 is 15.4 Å². The van der Waals surface area contributed by atoms with Crippen LogP contribution in [-0.4, -0.2) is 32.0 Å². The molecule has 0 heterocycles. The quantitative estimate of drug-likeness (QED) is 0.759. The van der Waals surface area contributed by atoms with Gasteiger partial charge in [0.25, 0.3) is 0 Å². The lowest BCUT2D eigenvalue weighted by Gasteiger charge is -2.18. The Bertz CT molecular complexity index is 701. The van der Waals surface area contributed by atoms with E-state index in [0.29, 0.717) is 13.0 Å². The molecule has 0 aliphatic carbocycles. The SMILES string of the molecule is COC(CNC(=O)C(=O)NCCc1ccccc1)c1ccccc1C. The van der Waals surface area contributed by atoms with Crippen molar-refractivity contribution in [3.8, 4) is 0 Å². The molecule has 0 aromatic heterocycles. The Morgan fingerprint density at radius 2 is 1.60 bits per heavy atom. The van der Waals surface area contributed by atoms with Gasteiger partial charge in [0, 0.05) is 20.2 Å². The molecule has 2 aromatic carbocycles. The largest absolute Gasteiger partial charge is 0.375 e. The summed E-state index contributed by atoms with van der Waals surface area (Å²) >= 11 is 0. The summed E-state index contributed by atoms with van der Waals surface area (Å²) in [5, 5.41) is 5.26. The zero-order valence-electron chi connectivity index (χ0n) is 14.6. The van der Waals surface area contributed by atoms with Gasteiger partial charge in [-0.05, 0) is 30.0 Å². The van der Waals surface area contributed by atoms with Crippen molar-refractivity contribution in [3.63, 3.8) is 0 Å². The minimum absolute atomic E-state index is 0.242. The minimum atomic E-state index is -0.649. The zero-order chi connectivity index (χ0) is 18.1. The van der Waals surface area contributed by atoms with E-state index in [1.807, 2.05) is 61.5 Å². The number of carbonyl (C=O) groups excluding carboxylic acids is 2. The summed E-state index contributed by atoms with van der Waals surface area (Å²) in [7, 11) is 1.59. The lowest BCUT2D eigenvalue weighted by Crippen LogP contribution is -2.42. The van der Waals surface area contributed by atoms with Crippen molar-refractivity contribution in [1.82, 2.24) is 10.6 Å². The van der Waals surface area contributed by atoms with E-state index in [4.69, 9.17) is 4.74 Å². The van der Waals surface area contributed by atoms with Crippen LogP contribution >= 0.6 is 0 Å². The van der Waals surface area contributed by atoms with Crippen LogP contribution in [0.15, 0.2) is 54.6 Å². The number of ether oxygens (including phenoxy) is 1. The first-order chi connectivity index (χ1) is 12.1. The van der Waals surface area contributed by atoms with Gasteiger partial charge in [-0.25, -0.2) is 0 Å². The summed E-state index contributed by atoms with van der Waals surface area (Å²) < 4.78 is 5.44. The Kier molecular flexibility index (Phi) is 7.16. The maximum absolute atomic E-state index is 11.9. The lowest BCUT2D eigenvalue weighted by molar-refractivity contribution is -0.139. The monoisotopic (exact) mass is 340 g/mol. The Hall–Kier alpha value is -2.66. The fourth-order valence-corrected chi connectivity index (χ4v) is 2.58. The molecular weight excluding hydrogens is 316 g/mol. The molecule has 2 rings (SSSR count). The third-order valence-corrected chi connectivity index (χ3v) is 4.02. The zero-order valence-corrected chi connectivity index (χ0v) is 14.6. The van der Waals surface area contributed by atoms with Crippen LogP contribution in [0.1, 0.15) is 22.8 Å². The molecular formula is C20H24N2O3. The first-order valence-corrected chi connectivity index (χ1v) is 8.30. The van der Waals surface area contributed by atoms with Gasteiger partial charge in [-0.3, -0.25) is 9.59 Å². The summed E-state index contributed by atoms with van der Waals surface area (Å²) in [6.45, 7) is 2.65. The molecule has 132 valence electrons. The van der Waals surface area contributed by atoms with Crippen molar-refractivity contribution in [2.24, 2.45) is 0 Å². The van der Waals surface area contributed by atoms with Crippen LogP contribution in [0.2, 0.25) is 0 Å². The second-order valence-corrected chi connectivity index (χ2v) is 5.78. The lowest BCUT2D eigenvalue weighted by atomic mass is 10.0. The van der Waals surface area contributed by atoms with Gasteiger partial charge in [-0.2, -0.15) is 0 Å². The Labute approximate surface area is 148 Å². The van der Waals surface area contributed by atoms with E-state index in [1.54, 1.807) is 7.11 Å². The molecule has 25 heavy (non-hydrogen) atoms. The second-order valence-electron chi connectivity index (χ2n) is 5.78. The van der Waals surface area contributed by atoms with E-state index in [1.165, 1.54) is 0 Å². The van der Waals surface area contributed by atoms with Crippen molar-refractivity contribution in [2.75, 3.05) is 20.2 Å². The van der Waals surface area contributed by atoms with Crippen LogP contribution < -0.4 is 10.6 Å². The van der Waals surface area contributed by atoms with Crippen molar-refractivity contribution in [2.45, 2.75) is 19.4 Å². The molecule has 2 N–H and O–H groups in total. The molecule has 0 saturated carbocycles.